The number of phosphoric ester groups is 1. The van der Waals surface area contributed by atoms with Crippen LogP contribution in [0.15, 0.2) is 0 Å². The molecule has 0 aromatic rings. The van der Waals surface area contributed by atoms with Crippen LogP contribution in [0.25, 0.3) is 0 Å². The maximum absolute atomic E-state index is 12.7. The largest absolute Gasteiger partial charge is 0.472 e. The maximum atomic E-state index is 12.7. The van der Waals surface area contributed by atoms with Crippen molar-refractivity contribution < 1.29 is 37.3 Å². The molecule has 0 amide bonds. The zero-order valence-corrected chi connectivity index (χ0v) is 39.8. The number of nitrogens with zero attached hydrogens (tertiary/aromatic N) is 1. The number of hydrogen-bond acceptors (Lipinski definition) is 6. The molecule has 0 spiro atoms. The molecule has 8 nitrogen and oxygen atoms in total. The minimum atomic E-state index is -4.26. The molecule has 0 heterocycles. The van der Waals surface area contributed by atoms with Crippen LogP contribution in [0.3, 0.4) is 0 Å². The molecule has 0 rings (SSSR count). The van der Waals surface area contributed by atoms with Crippen molar-refractivity contribution in [2.75, 3.05) is 54.1 Å². The molecule has 0 bridgehead atoms. The summed E-state index contributed by atoms with van der Waals surface area (Å²) in [6.07, 6.45) is 45.8. The fraction of sp³-hybridized carbons (Fsp3) is 0.979. The summed E-state index contributed by atoms with van der Waals surface area (Å²) in [4.78, 5) is 22.9. The topological polar surface area (TPSA) is 91.3 Å². The van der Waals surface area contributed by atoms with Gasteiger partial charge in [0, 0.05) is 13.0 Å². The second kappa shape index (κ2) is 42.2. The van der Waals surface area contributed by atoms with E-state index < -0.39 is 13.9 Å². The molecule has 342 valence electrons. The van der Waals surface area contributed by atoms with Gasteiger partial charge in [0.1, 0.15) is 19.3 Å². The molecule has 57 heavy (non-hydrogen) atoms. The molecule has 9 heteroatoms. The molecule has 0 saturated heterocycles. The van der Waals surface area contributed by atoms with Crippen LogP contribution in [-0.2, 0) is 27.9 Å². The Morgan fingerprint density at radius 2 is 0.807 bits per heavy atom. The normalized spacial score (nSPS) is 13.6. The van der Waals surface area contributed by atoms with Gasteiger partial charge < -0.3 is 18.9 Å². The number of carbonyl (C=O) groups excluding carboxylic acids is 1. The molecule has 0 fully saturated rings. The van der Waals surface area contributed by atoms with E-state index >= 15 is 0 Å². The maximum Gasteiger partial charge on any atom is 0.472 e. The van der Waals surface area contributed by atoms with Crippen molar-refractivity contribution in [3.63, 3.8) is 0 Å². The Morgan fingerprint density at radius 1 is 0.474 bits per heavy atom. The third kappa shape index (κ3) is 46.4. The second-order valence-corrected chi connectivity index (χ2v) is 19.7. The first-order valence-corrected chi connectivity index (χ1v) is 26.3. The smallest absolute Gasteiger partial charge is 0.457 e. The lowest BCUT2D eigenvalue weighted by Gasteiger charge is -2.24. The molecule has 0 aliphatic carbocycles. The average Bonchev–Trinajstić information content (AvgIpc) is 3.16. The fourth-order valence-corrected chi connectivity index (χ4v) is 8.06. The second-order valence-electron chi connectivity index (χ2n) is 18.2. The highest BCUT2D eigenvalue weighted by atomic mass is 31.2. The van der Waals surface area contributed by atoms with Crippen LogP contribution in [0, 0.1) is 0 Å². The van der Waals surface area contributed by atoms with Crippen molar-refractivity contribution in [1.82, 2.24) is 0 Å². The molecule has 2 atom stereocenters. The first kappa shape index (κ1) is 56.5. The first-order chi connectivity index (χ1) is 27.6. The number of likely N-dealkylation sites (N-methyl/N-ethyl adjacent to an activating group) is 1. The zero-order valence-electron chi connectivity index (χ0n) is 38.9. The lowest BCUT2D eigenvalue weighted by atomic mass is 10.0. The monoisotopic (exact) mass is 833 g/mol. The molecule has 2 unspecified atom stereocenters. The van der Waals surface area contributed by atoms with Gasteiger partial charge in [-0.1, -0.05) is 226 Å². The van der Waals surface area contributed by atoms with Crippen LogP contribution >= 0.6 is 7.82 Å². The van der Waals surface area contributed by atoms with Gasteiger partial charge in [-0.15, -0.1) is 0 Å². The van der Waals surface area contributed by atoms with E-state index in [0.717, 1.165) is 32.1 Å². The summed E-state index contributed by atoms with van der Waals surface area (Å²) in [5.41, 5.74) is 0. The van der Waals surface area contributed by atoms with Crippen molar-refractivity contribution in [3.05, 3.63) is 0 Å². The Bertz CT molecular complexity index is 883. The number of esters is 1. The van der Waals surface area contributed by atoms with Gasteiger partial charge in [-0.2, -0.15) is 0 Å². The van der Waals surface area contributed by atoms with Gasteiger partial charge in [0.2, 0.25) is 0 Å². The number of phosphoric acid groups is 1. The Hall–Kier alpha value is -0.500. The average molecular weight is 833 g/mol. The summed E-state index contributed by atoms with van der Waals surface area (Å²) in [5.74, 6) is -0.307. The van der Waals surface area contributed by atoms with Crippen LogP contribution in [0.4, 0.5) is 0 Å². The Balaban J connectivity index is 3.96. The van der Waals surface area contributed by atoms with Crippen LogP contribution < -0.4 is 0 Å². The first-order valence-electron chi connectivity index (χ1n) is 24.8. The predicted octanol–water partition coefficient (Wildman–Crippen LogP) is 14.8. The summed E-state index contributed by atoms with van der Waals surface area (Å²) >= 11 is 0. The number of hydrogen-bond donors (Lipinski definition) is 1. The predicted molar refractivity (Wildman–Crippen MR) is 243 cm³/mol. The van der Waals surface area contributed by atoms with Crippen LogP contribution in [-0.4, -0.2) is 75.6 Å². The van der Waals surface area contributed by atoms with Crippen molar-refractivity contribution in [3.8, 4) is 0 Å². The Morgan fingerprint density at radius 3 is 1.16 bits per heavy atom. The molecule has 0 radical (unpaired) electrons. The van der Waals surface area contributed by atoms with Gasteiger partial charge >= 0.3 is 13.8 Å². The highest BCUT2D eigenvalue weighted by Gasteiger charge is 2.26. The third-order valence-electron chi connectivity index (χ3n) is 11.2. The van der Waals surface area contributed by atoms with Gasteiger partial charge in [-0.25, -0.2) is 4.57 Å². The Kier molecular flexibility index (Phi) is 41.8. The molecule has 0 aromatic carbocycles. The molecule has 1 N–H and O–H groups in total. The van der Waals surface area contributed by atoms with Gasteiger partial charge in [-0.05, 0) is 12.8 Å². The van der Waals surface area contributed by atoms with E-state index in [-0.39, 0.29) is 25.8 Å². The van der Waals surface area contributed by atoms with Gasteiger partial charge in [-0.3, -0.25) is 13.8 Å². The summed E-state index contributed by atoms with van der Waals surface area (Å²) in [6, 6.07) is 0. The fourth-order valence-electron chi connectivity index (χ4n) is 7.32. The van der Waals surface area contributed by atoms with E-state index in [1.165, 1.54) is 193 Å². The van der Waals surface area contributed by atoms with Crippen molar-refractivity contribution in [1.29, 1.82) is 0 Å². The molecular formula is C48H99NO7P+. The van der Waals surface area contributed by atoms with Gasteiger partial charge in [0.15, 0.2) is 0 Å². The molecule has 0 aliphatic rings. The third-order valence-corrected chi connectivity index (χ3v) is 12.2. The van der Waals surface area contributed by atoms with E-state index in [4.69, 9.17) is 18.5 Å². The van der Waals surface area contributed by atoms with Crippen molar-refractivity contribution in [2.24, 2.45) is 0 Å². The number of unbranched alkanes of at least 4 members (excludes halogenated alkanes) is 33. The quantitative estimate of drug-likeness (QED) is 0.0283. The van der Waals surface area contributed by atoms with E-state index in [0.29, 0.717) is 24.1 Å². The lowest BCUT2D eigenvalue weighted by Crippen LogP contribution is -2.37. The number of ether oxygens (including phenoxy) is 2. The summed E-state index contributed by atoms with van der Waals surface area (Å²) < 4.78 is 35.0. The summed E-state index contributed by atoms with van der Waals surface area (Å²) in [7, 11) is 1.69. The van der Waals surface area contributed by atoms with E-state index in [9.17, 15) is 14.3 Å². The van der Waals surface area contributed by atoms with Crippen molar-refractivity contribution >= 4 is 13.8 Å². The molecule has 0 saturated carbocycles. The van der Waals surface area contributed by atoms with Gasteiger partial charge in [0.25, 0.3) is 0 Å². The number of carbonyl (C=O) groups is 1. The van der Waals surface area contributed by atoms with Crippen LogP contribution in [0.5, 0.6) is 0 Å². The standard InChI is InChI=1S/C48H98NO7P/c1-6-8-10-12-14-16-18-19-20-21-22-23-24-25-26-27-28-29-30-31-32-33-35-37-39-41-48(50)56-47(46-55-57(51,52)54-44-42-49(3,4)5)45-53-43-40-38-36-34-17-15-13-11-9-7-2/h47H,6-46H2,1-5H3/p+1. The van der Waals surface area contributed by atoms with E-state index in [1.54, 1.807) is 0 Å². The van der Waals surface area contributed by atoms with Crippen LogP contribution in [0.2, 0.25) is 0 Å². The highest BCUT2D eigenvalue weighted by Crippen LogP contribution is 2.43. The highest BCUT2D eigenvalue weighted by molar-refractivity contribution is 7.47. The van der Waals surface area contributed by atoms with Crippen molar-refractivity contribution in [2.45, 2.75) is 251 Å². The number of quaternary nitrogens is 1. The zero-order chi connectivity index (χ0) is 42.0. The summed E-state index contributed by atoms with van der Waals surface area (Å²) in [5, 5.41) is 0. The molecule has 0 aromatic heterocycles. The lowest BCUT2D eigenvalue weighted by molar-refractivity contribution is -0.870. The SMILES string of the molecule is CCCCCCCCCCCCCCCCCCCCCCCCCCCC(=O)OC(COCCCCCCCCCCCC)COP(=O)(O)OCC[N+](C)(C)C. The van der Waals surface area contributed by atoms with E-state index in [2.05, 4.69) is 13.8 Å². The molecular weight excluding hydrogens is 734 g/mol. The van der Waals surface area contributed by atoms with E-state index in [1.807, 2.05) is 21.1 Å². The number of rotatable bonds is 47. The minimum absolute atomic E-state index is 0.0938. The molecule has 0 aliphatic heterocycles. The van der Waals surface area contributed by atoms with Gasteiger partial charge in [0.05, 0.1) is 34.4 Å². The summed E-state index contributed by atoms with van der Waals surface area (Å²) in [6.45, 7) is 5.68. The minimum Gasteiger partial charge on any atom is -0.457 e. The van der Waals surface area contributed by atoms with Crippen LogP contribution in [0.1, 0.15) is 245 Å². The Labute approximate surface area is 355 Å².